The zero-order valence-electron chi connectivity index (χ0n) is 16.0. The van der Waals surface area contributed by atoms with Crippen LogP contribution in [0.5, 0.6) is 5.75 Å². The number of anilines is 1. The second kappa shape index (κ2) is 8.44. The highest BCUT2D eigenvalue weighted by atomic mass is 16.5. The maximum Gasteiger partial charge on any atom is 0.222 e. The fraction of sp³-hybridized carbons (Fsp3) is 0.300. The summed E-state index contributed by atoms with van der Waals surface area (Å²) in [6.07, 6.45) is 3.06. The summed E-state index contributed by atoms with van der Waals surface area (Å²) in [5.41, 5.74) is 1.69. The Bertz CT molecular complexity index is 896. The van der Waals surface area contributed by atoms with Crippen molar-refractivity contribution < 1.29 is 13.6 Å². The molecule has 27 heavy (non-hydrogen) atoms. The van der Waals surface area contributed by atoms with Crippen molar-refractivity contribution in [1.82, 2.24) is 9.88 Å². The average Bonchev–Trinajstić information content (AvgIpc) is 3.34. The van der Waals surface area contributed by atoms with Crippen molar-refractivity contribution in [2.75, 3.05) is 25.5 Å². The van der Waals surface area contributed by atoms with E-state index in [1.807, 2.05) is 37.3 Å². The Balaban J connectivity index is 1.92. The first kappa shape index (κ1) is 18.6. The van der Waals surface area contributed by atoms with Gasteiger partial charge >= 0.3 is 0 Å². The maximum atomic E-state index is 5.61. The van der Waals surface area contributed by atoms with Crippen LogP contribution in [0.1, 0.15) is 19.6 Å². The second-order valence-corrected chi connectivity index (χ2v) is 5.90. The van der Waals surface area contributed by atoms with E-state index in [2.05, 4.69) is 34.0 Å². The quantitative estimate of drug-likeness (QED) is 0.502. The number of aliphatic imine (C=N–C) groups is 1. The predicted molar refractivity (Wildman–Crippen MR) is 106 cm³/mol. The van der Waals surface area contributed by atoms with Crippen LogP contribution >= 0.6 is 0 Å². The summed E-state index contributed by atoms with van der Waals surface area (Å²) in [6, 6.07) is 9.54. The normalized spacial score (nSPS) is 11.5. The number of nitrogens with zero attached hydrogens (tertiary/aromatic N) is 3. The van der Waals surface area contributed by atoms with Crippen LogP contribution in [-0.4, -0.2) is 36.0 Å². The molecule has 1 aromatic carbocycles. The summed E-state index contributed by atoms with van der Waals surface area (Å²) in [6.45, 7) is 7.70. The molecule has 0 saturated carbocycles. The van der Waals surface area contributed by atoms with Gasteiger partial charge < -0.3 is 23.8 Å². The molecular formula is C20H24N4O3. The molecule has 0 aliphatic carbocycles. The van der Waals surface area contributed by atoms with Gasteiger partial charge in [-0.3, -0.25) is 0 Å². The van der Waals surface area contributed by atoms with Gasteiger partial charge in [-0.1, -0.05) is 0 Å². The lowest BCUT2D eigenvalue weighted by Crippen LogP contribution is -2.36. The summed E-state index contributed by atoms with van der Waals surface area (Å²) in [7, 11) is 1.63. The van der Waals surface area contributed by atoms with Crippen molar-refractivity contribution in [2.24, 2.45) is 4.99 Å². The van der Waals surface area contributed by atoms with Crippen molar-refractivity contribution in [3.63, 3.8) is 0 Å². The summed E-state index contributed by atoms with van der Waals surface area (Å²) < 4.78 is 16.5. The van der Waals surface area contributed by atoms with Gasteiger partial charge in [0.05, 0.1) is 18.9 Å². The zero-order valence-corrected chi connectivity index (χ0v) is 16.0. The molecule has 1 N–H and O–H groups in total. The molecule has 0 unspecified atom stereocenters. The third-order valence-corrected chi connectivity index (χ3v) is 4.16. The number of ether oxygens (including phenoxy) is 1. The van der Waals surface area contributed by atoms with Gasteiger partial charge in [-0.2, -0.15) is 4.99 Å². The summed E-state index contributed by atoms with van der Waals surface area (Å²) in [5.74, 6) is 3.44. The number of benzene rings is 1. The van der Waals surface area contributed by atoms with Gasteiger partial charge in [0.25, 0.3) is 0 Å². The van der Waals surface area contributed by atoms with Crippen LogP contribution in [-0.2, 0) is 0 Å². The SMILES string of the molecule is CCN(CC)C(=Nc1ccc(C)o1)Nc1ccc(-c2cnco2)c(OC)c1. The van der Waals surface area contributed by atoms with E-state index in [9.17, 15) is 0 Å². The second-order valence-electron chi connectivity index (χ2n) is 5.90. The fourth-order valence-electron chi connectivity index (χ4n) is 2.74. The van der Waals surface area contributed by atoms with Crippen molar-refractivity contribution in [2.45, 2.75) is 20.8 Å². The molecule has 0 saturated heterocycles. The first-order valence-corrected chi connectivity index (χ1v) is 8.88. The summed E-state index contributed by atoms with van der Waals surface area (Å²) in [4.78, 5) is 10.7. The van der Waals surface area contributed by atoms with Crippen molar-refractivity contribution in [3.8, 4) is 17.1 Å². The Morgan fingerprint density at radius 2 is 2.04 bits per heavy atom. The molecule has 0 aliphatic rings. The molecule has 142 valence electrons. The van der Waals surface area contributed by atoms with E-state index >= 15 is 0 Å². The summed E-state index contributed by atoms with van der Waals surface area (Å²) >= 11 is 0. The molecule has 0 radical (unpaired) electrons. The molecule has 2 heterocycles. The molecule has 0 spiro atoms. The number of nitrogens with one attached hydrogen (secondary N) is 1. The molecule has 0 atom stereocenters. The number of guanidine groups is 1. The largest absolute Gasteiger partial charge is 0.496 e. The minimum atomic E-state index is 0.562. The van der Waals surface area contributed by atoms with Gasteiger partial charge in [0.2, 0.25) is 11.8 Å². The Labute approximate surface area is 158 Å². The lowest BCUT2D eigenvalue weighted by atomic mass is 10.1. The van der Waals surface area contributed by atoms with Crippen LogP contribution in [0.15, 0.2) is 56.7 Å². The van der Waals surface area contributed by atoms with Crippen LogP contribution in [0.25, 0.3) is 11.3 Å². The van der Waals surface area contributed by atoms with Crippen LogP contribution in [0.4, 0.5) is 11.6 Å². The van der Waals surface area contributed by atoms with E-state index in [1.54, 1.807) is 13.3 Å². The third-order valence-electron chi connectivity index (χ3n) is 4.16. The fourth-order valence-corrected chi connectivity index (χ4v) is 2.74. The molecule has 0 amide bonds. The molecule has 0 bridgehead atoms. The number of rotatable bonds is 6. The molecule has 0 aliphatic heterocycles. The minimum absolute atomic E-state index is 0.562. The van der Waals surface area contributed by atoms with Crippen molar-refractivity contribution >= 4 is 17.5 Å². The number of aromatic nitrogens is 1. The highest BCUT2D eigenvalue weighted by Gasteiger charge is 2.13. The van der Waals surface area contributed by atoms with Crippen molar-refractivity contribution in [1.29, 1.82) is 0 Å². The summed E-state index contributed by atoms with van der Waals surface area (Å²) in [5, 5.41) is 3.38. The number of oxazole rings is 1. The maximum absolute atomic E-state index is 5.61. The molecule has 2 aromatic heterocycles. The first-order chi connectivity index (χ1) is 13.1. The smallest absolute Gasteiger partial charge is 0.222 e. The monoisotopic (exact) mass is 368 g/mol. The van der Waals surface area contributed by atoms with E-state index in [0.717, 1.165) is 30.1 Å². The zero-order chi connectivity index (χ0) is 19.2. The van der Waals surface area contributed by atoms with Gasteiger partial charge in [-0.05, 0) is 39.0 Å². The van der Waals surface area contributed by atoms with E-state index in [4.69, 9.17) is 13.6 Å². The Kier molecular flexibility index (Phi) is 5.80. The number of aryl methyl sites for hydroxylation is 1. The Morgan fingerprint density at radius 1 is 1.22 bits per heavy atom. The van der Waals surface area contributed by atoms with E-state index in [0.29, 0.717) is 23.4 Å². The van der Waals surface area contributed by atoms with Crippen LogP contribution in [0.3, 0.4) is 0 Å². The van der Waals surface area contributed by atoms with E-state index < -0.39 is 0 Å². The minimum Gasteiger partial charge on any atom is -0.496 e. The van der Waals surface area contributed by atoms with Gasteiger partial charge in [0.15, 0.2) is 12.2 Å². The number of methoxy groups -OCH3 is 1. The number of hydrogen-bond acceptors (Lipinski definition) is 5. The van der Waals surface area contributed by atoms with Crippen molar-refractivity contribution in [3.05, 3.63) is 48.7 Å². The van der Waals surface area contributed by atoms with Crippen LogP contribution in [0, 0.1) is 6.92 Å². The lowest BCUT2D eigenvalue weighted by Gasteiger charge is -2.24. The number of furan rings is 1. The van der Waals surface area contributed by atoms with Gasteiger partial charge in [-0.25, -0.2) is 4.98 Å². The standard InChI is InChI=1S/C20H24N4O3/c1-5-24(6-2)20(23-19-10-7-14(3)27-19)22-15-8-9-16(17(11-15)25-4)18-12-21-13-26-18/h7-13H,5-6H2,1-4H3,(H,22,23). The highest BCUT2D eigenvalue weighted by molar-refractivity contribution is 5.95. The molecule has 0 fully saturated rings. The van der Waals surface area contributed by atoms with Gasteiger partial charge in [0, 0.05) is 30.9 Å². The Morgan fingerprint density at radius 3 is 2.63 bits per heavy atom. The predicted octanol–water partition coefficient (Wildman–Crippen LogP) is 4.69. The average molecular weight is 368 g/mol. The highest BCUT2D eigenvalue weighted by Crippen LogP contribution is 2.32. The topological polar surface area (TPSA) is 76.0 Å². The first-order valence-electron chi connectivity index (χ1n) is 8.88. The number of hydrogen-bond donors (Lipinski definition) is 1. The molecular weight excluding hydrogens is 344 g/mol. The van der Waals surface area contributed by atoms with Gasteiger partial charge in [-0.15, -0.1) is 0 Å². The van der Waals surface area contributed by atoms with Gasteiger partial charge in [0.1, 0.15) is 11.5 Å². The van der Waals surface area contributed by atoms with E-state index in [-0.39, 0.29) is 0 Å². The van der Waals surface area contributed by atoms with E-state index in [1.165, 1.54) is 6.39 Å². The van der Waals surface area contributed by atoms with Crippen LogP contribution < -0.4 is 10.1 Å². The van der Waals surface area contributed by atoms with Crippen LogP contribution in [0.2, 0.25) is 0 Å². The Hall–Kier alpha value is -3.22. The molecule has 7 heteroatoms. The molecule has 3 rings (SSSR count). The molecule has 3 aromatic rings. The molecule has 7 nitrogen and oxygen atoms in total. The lowest BCUT2D eigenvalue weighted by molar-refractivity contribution is 0.415. The third kappa shape index (κ3) is 4.31.